The highest BCUT2D eigenvalue weighted by Crippen LogP contribution is 2.12. The van der Waals surface area contributed by atoms with Crippen molar-refractivity contribution in [1.82, 2.24) is 10.3 Å². The molecule has 1 heterocycles. The SMILES string of the molecule is Cc1ncsc1CNC(=O)[C@H](N)Cc1ccc(O)cc1. The van der Waals surface area contributed by atoms with E-state index in [1.807, 2.05) is 6.92 Å². The van der Waals surface area contributed by atoms with Crippen LogP contribution in [0.3, 0.4) is 0 Å². The van der Waals surface area contributed by atoms with Gasteiger partial charge in [0.05, 0.1) is 23.8 Å². The van der Waals surface area contributed by atoms with Crippen LogP contribution in [-0.2, 0) is 17.8 Å². The lowest BCUT2D eigenvalue weighted by atomic mass is 10.1. The van der Waals surface area contributed by atoms with E-state index in [0.717, 1.165) is 16.1 Å². The maximum Gasteiger partial charge on any atom is 0.237 e. The van der Waals surface area contributed by atoms with E-state index in [-0.39, 0.29) is 11.7 Å². The summed E-state index contributed by atoms with van der Waals surface area (Å²) in [6.45, 7) is 2.37. The molecule has 0 radical (unpaired) electrons. The van der Waals surface area contributed by atoms with Crippen molar-refractivity contribution in [3.63, 3.8) is 0 Å². The first-order valence-electron chi connectivity index (χ1n) is 6.26. The lowest BCUT2D eigenvalue weighted by molar-refractivity contribution is -0.122. The van der Waals surface area contributed by atoms with E-state index >= 15 is 0 Å². The molecule has 0 aliphatic carbocycles. The van der Waals surface area contributed by atoms with Crippen molar-refractivity contribution < 1.29 is 9.90 Å². The standard InChI is InChI=1S/C14H17N3O2S/c1-9-13(20-8-17-9)7-16-14(19)12(15)6-10-2-4-11(18)5-3-10/h2-5,8,12,18H,6-7,15H2,1H3,(H,16,19)/t12-/m1/s1. The second kappa shape index (κ2) is 6.49. The molecule has 6 heteroatoms. The van der Waals surface area contributed by atoms with Crippen molar-refractivity contribution in [2.24, 2.45) is 5.73 Å². The summed E-state index contributed by atoms with van der Waals surface area (Å²) >= 11 is 1.51. The third-order valence-electron chi connectivity index (χ3n) is 3.00. The molecule has 1 atom stereocenters. The van der Waals surface area contributed by atoms with Crippen molar-refractivity contribution in [2.75, 3.05) is 0 Å². The van der Waals surface area contributed by atoms with Gasteiger partial charge in [-0.1, -0.05) is 12.1 Å². The summed E-state index contributed by atoms with van der Waals surface area (Å²) in [6, 6.07) is 6.08. The Morgan fingerprint density at radius 1 is 1.45 bits per heavy atom. The molecule has 1 aromatic carbocycles. The van der Waals surface area contributed by atoms with Gasteiger partial charge in [0.25, 0.3) is 0 Å². The van der Waals surface area contributed by atoms with Gasteiger partial charge in [-0.15, -0.1) is 11.3 Å². The van der Waals surface area contributed by atoms with Gasteiger partial charge in [-0.3, -0.25) is 4.79 Å². The number of phenols is 1. The fourth-order valence-corrected chi connectivity index (χ4v) is 2.49. The summed E-state index contributed by atoms with van der Waals surface area (Å²) in [5.74, 6) is 0.0123. The molecule has 2 rings (SSSR count). The summed E-state index contributed by atoms with van der Waals surface area (Å²) in [6.07, 6.45) is 0.438. The predicted molar refractivity (Wildman–Crippen MR) is 78.5 cm³/mol. The van der Waals surface area contributed by atoms with E-state index in [1.165, 1.54) is 11.3 Å². The number of phenolic OH excluding ortho intramolecular Hbond substituents is 1. The summed E-state index contributed by atoms with van der Waals surface area (Å²) < 4.78 is 0. The first-order chi connectivity index (χ1) is 9.56. The van der Waals surface area contributed by atoms with Crippen LogP contribution in [-0.4, -0.2) is 22.0 Å². The minimum atomic E-state index is -0.604. The van der Waals surface area contributed by atoms with Gasteiger partial charge in [-0.05, 0) is 31.0 Å². The van der Waals surface area contributed by atoms with Gasteiger partial charge >= 0.3 is 0 Å². The average Bonchev–Trinajstić information content (AvgIpc) is 2.84. The van der Waals surface area contributed by atoms with Gasteiger partial charge in [0, 0.05) is 4.88 Å². The topological polar surface area (TPSA) is 88.2 Å². The summed E-state index contributed by atoms with van der Waals surface area (Å²) in [5, 5.41) is 12.0. The second-order valence-electron chi connectivity index (χ2n) is 4.56. The Morgan fingerprint density at radius 3 is 2.75 bits per heavy atom. The van der Waals surface area contributed by atoms with Crippen molar-refractivity contribution in [1.29, 1.82) is 0 Å². The van der Waals surface area contributed by atoms with Crippen LogP contribution in [0.15, 0.2) is 29.8 Å². The zero-order valence-electron chi connectivity index (χ0n) is 11.2. The molecule has 2 aromatic rings. The maximum atomic E-state index is 11.9. The third kappa shape index (κ3) is 3.79. The molecule has 4 N–H and O–H groups in total. The maximum absolute atomic E-state index is 11.9. The van der Waals surface area contributed by atoms with Gasteiger partial charge in [0.15, 0.2) is 0 Å². The van der Waals surface area contributed by atoms with Crippen LogP contribution in [0.2, 0.25) is 0 Å². The number of benzene rings is 1. The summed E-state index contributed by atoms with van der Waals surface area (Å²) in [7, 11) is 0. The monoisotopic (exact) mass is 291 g/mol. The van der Waals surface area contributed by atoms with Crippen LogP contribution in [0, 0.1) is 6.92 Å². The minimum Gasteiger partial charge on any atom is -0.508 e. The van der Waals surface area contributed by atoms with E-state index < -0.39 is 6.04 Å². The van der Waals surface area contributed by atoms with Crippen molar-refractivity contribution in [2.45, 2.75) is 25.9 Å². The Morgan fingerprint density at radius 2 is 2.15 bits per heavy atom. The first kappa shape index (κ1) is 14.5. The van der Waals surface area contributed by atoms with E-state index in [4.69, 9.17) is 5.73 Å². The van der Waals surface area contributed by atoms with E-state index in [2.05, 4.69) is 10.3 Å². The number of rotatable bonds is 5. The zero-order valence-corrected chi connectivity index (χ0v) is 12.0. The van der Waals surface area contributed by atoms with E-state index in [0.29, 0.717) is 13.0 Å². The lowest BCUT2D eigenvalue weighted by Crippen LogP contribution is -2.41. The molecule has 0 aliphatic rings. The summed E-state index contributed by atoms with van der Waals surface area (Å²) in [5.41, 5.74) is 9.48. The first-order valence-corrected chi connectivity index (χ1v) is 7.14. The fraction of sp³-hybridized carbons (Fsp3) is 0.286. The van der Waals surface area contributed by atoms with E-state index in [1.54, 1.807) is 29.8 Å². The van der Waals surface area contributed by atoms with Crippen LogP contribution >= 0.6 is 11.3 Å². The molecule has 0 saturated heterocycles. The quantitative estimate of drug-likeness (QED) is 0.775. The van der Waals surface area contributed by atoms with Crippen molar-refractivity contribution in [3.8, 4) is 5.75 Å². The number of aromatic hydroxyl groups is 1. The Hall–Kier alpha value is -1.92. The van der Waals surface area contributed by atoms with Crippen LogP contribution in [0.5, 0.6) is 5.75 Å². The van der Waals surface area contributed by atoms with Gasteiger partial charge in [-0.2, -0.15) is 0 Å². The molecule has 0 spiro atoms. The molecule has 0 aliphatic heterocycles. The Bertz CT molecular complexity index is 580. The van der Waals surface area contributed by atoms with Crippen LogP contribution in [0.1, 0.15) is 16.1 Å². The number of hydrogen-bond acceptors (Lipinski definition) is 5. The number of thiazole rings is 1. The Kier molecular flexibility index (Phi) is 4.70. The third-order valence-corrected chi connectivity index (χ3v) is 3.93. The number of nitrogens with zero attached hydrogens (tertiary/aromatic N) is 1. The molecule has 1 amide bonds. The van der Waals surface area contributed by atoms with Crippen molar-refractivity contribution in [3.05, 3.63) is 45.9 Å². The molecule has 0 bridgehead atoms. The highest BCUT2D eigenvalue weighted by molar-refractivity contribution is 7.09. The fourth-order valence-electron chi connectivity index (χ4n) is 1.77. The van der Waals surface area contributed by atoms with E-state index in [9.17, 15) is 9.90 Å². The molecule has 0 fully saturated rings. The van der Waals surface area contributed by atoms with Gasteiger partial charge in [0.1, 0.15) is 5.75 Å². The minimum absolute atomic E-state index is 0.189. The van der Waals surface area contributed by atoms with Crippen molar-refractivity contribution >= 4 is 17.2 Å². The number of nitrogens with two attached hydrogens (primary N) is 1. The Labute approximate surface area is 121 Å². The molecule has 20 heavy (non-hydrogen) atoms. The number of nitrogens with one attached hydrogen (secondary N) is 1. The molecular formula is C14H17N3O2S. The molecule has 1 aromatic heterocycles. The van der Waals surface area contributed by atoms with Crippen LogP contribution < -0.4 is 11.1 Å². The second-order valence-corrected chi connectivity index (χ2v) is 5.50. The number of carbonyl (C=O) groups is 1. The summed E-state index contributed by atoms with van der Waals surface area (Å²) in [4.78, 5) is 17.1. The largest absolute Gasteiger partial charge is 0.508 e. The highest BCUT2D eigenvalue weighted by atomic mass is 32.1. The number of carbonyl (C=O) groups excluding carboxylic acids is 1. The molecule has 5 nitrogen and oxygen atoms in total. The molecule has 106 valence electrons. The van der Waals surface area contributed by atoms with Crippen LogP contribution in [0.4, 0.5) is 0 Å². The lowest BCUT2D eigenvalue weighted by Gasteiger charge is -2.12. The normalized spacial score (nSPS) is 12.1. The number of amides is 1. The average molecular weight is 291 g/mol. The van der Waals surface area contributed by atoms with Gasteiger partial charge < -0.3 is 16.2 Å². The number of hydrogen-bond donors (Lipinski definition) is 3. The highest BCUT2D eigenvalue weighted by Gasteiger charge is 2.14. The number of aryl methyl sites for hydroxylation is 1. The van der Waals surface area contributed by atoms with Gasteiger partial charge in [-0.25, -0.2) is 4.98 Å². The molecule has 0 saturated carbocycles. The molecular weight excluding hydrogens is 274 g/mol. The molecule has 0 unspecified atom stereocenters. The smallest absolute Gasteiger partial charge is 0.237 e. The van der Waals surface area contributed by atoms with Gasteiger partial charge in [0.2, 0.25) is 5.91 Å². The zero-order chi connectivity index (χ0) is 14.5. The predicted octanol–water partition coefficient (Wildman–Crippen LogP) is 1.34. The van der Waals surface area contributed by atoms with Crippen LogP contribution in [0.25, 0.3) is 0 Å². The Balaban J connectivity index is 1.86. The number of aromatic nitrogens is 1.